The lowest BCUT2D eigenvalue weighted by Crippen LogP contribution is -2.44. The summed E-state index contributed by atoms with van der Waals surface area (Å²) in [6.45, 7) is 9.63. The number of fused-ring (bicyclic) bond motifs is 3. The molecular weight excluding hydrogens is 330 g/mol. The van der Waals surface area contributed by atoms with Crippen molar-refractivity contribution >= 4 is 27.6 Å². The molecule has 1 aromatic heterocycles. The first-order valence-electron chi connectivity index (χ1n) is 10.6. The van der Waals surface area contributed by atoms with Crippen LogP contribution in [0.3, 0.4) is 0 Å². The standard InChI is InChI=1S/C25H31NO/c1-17-14-23-20(19-10-6-7-11-22(19)27-23)15-21(17)26-18(2)25(16-24(26,3)4)12-8-5-9-13-25/h6-7,10-11,14-15,18H,5,8-9,12-13,16H2,1-4H3. The second-order valence-corrected chi connectivity index (χ2v) is 9.69. The molecule has 0 N–H and O–H groups in total. The van der Waals surface area contributed by atoms with Crippen molar-refractivity contribution in [2.75, 3.05) is 4.90 Å². The number of hydrogen-bond acceptors (Lipinski definition) is 2. The van der Waals surface area contributed by atoms with Gasteiger partial charge in [-0.3, -0.25) is 0 Å². The zero-order valence-corrected chi connectivity index (χ0v) is 17.1. The van der Waals surface area contributed by atoms with Crippen molar-refractivity contribution in [1.29, 1.82) is 0 Å². The molecule has 0 bridgehead atoms. The van der Waals surface area contributed by atoms with Crippen LogP contribution >= 0.6 is 0 Å². The number of aryl methyl sites for hydroxylation is 1. The van der Waals surface area contributed by atoms with E-state index in [1.807, 2.05) is 0 Å². The van der Waals surface area contributed by atoms with Gasteiger partial charge in [0.2, 0.25) is 0 Å². The smallest absolute Gasteiger partial charge is 0.135 e. The average molecular weight is 362 g/mol. The van der Waals surface area contributed by atoms with Gasteiger partial charge in [-0.1, -0.05) is 37.5 Å². The van der Waals surface area contributed by atoms with Crippen LogP contribution in [0.1, 0.15) is 64.9 Å². The summed E-state index contributed by atoms with van der Waals surface area (Å²) in [5, 5.41) is 2.48. The quantitative estimate of drug-likeness (QED) is 0.455. The van der Waals surface area contributed by atoms with Gasteiger partial charge in [0.05, 0.1) is 0 Å². The minimum absolute atomic E-state index is 0.189. The van der Waals surface area contributed by atoms with E-state index in [9.17, 15) is 0 Å². The Hall–Kier alpha value is -1.96. The van der Waals surface area contributed by atoms with E-state index in [4.69, 9.17) is 4.42 Å². The molecule has 2 aromatic carbocycles. The van der Waals surface area contributed by atoms with Crippen LogP contribution in [0.25, 0.3) is 21.9 Å². The Morgan fingerprint density at radius 3 is 2.48 bits per heavy atom. The number of anilines is 1. The minimum Gasteiger partial charge on any atom is -0.456 e. The first kappa shape index (κ1) is 17.2. The number of benzene rings is 2. The molecule has 142 valence electrons. The Morgan fingerprint density at radius 2 is 1.70 bits per heavy atom. The van der Waals surface area contributed by atoms with Crippen molar-refractivity contribution in [2.45, 2.75) is 77.8 Å². The highest BCUT2D eigenvalue weighted by atomic mass is 16.3. The summed E-state index contributed by atoms with van der Waals surface area (Å²) in [6, 6.07) is 13.6. The lowest BCUT2D eigenvalue weighted by atomic mass is 9.68. The largest absolute Gasteiger partial charge is 0.456 e. The maximum absolute atomic E-state index is 6.12. The molecule has 5 rings (SSSR count). The zero-order chi connectivity index (χ0) is 18.8. The normalized spacial score (nSPS) is 24.3. The zero-order valence-electron chi connectivity index (χ0n) is 17.1. The van der Waals surface area contributed by atoms with Crippen molar-refractivity contribution in [2.24, 2.45) is 5.41 Å². The van der Waals surface area contributed by atoms with Crippen molar-refractivity contribution in [1.82, 2.24) is 0 Å². The third-order valence-electron chi connectivity index (χ3n) is 7.51. The fourth-order valence-electron chi connectivity index (χ4n) is 6.40. The van der Waals surface area contributed by atoms with Crippen LogP contribution in [0.4, 0.5) is 5.69 Å². The molecule has 1 atom stereocenters. The number of nitrogens with zero attached hydrogens (tertiary/aromatic N) is 1. The van der Waals surface area contributed by atoms with Gasteiger partial charge in [-0.25, -0.2) is 0 Å². The van der Waals surface area contributed by atoms with E-state index in [2.05, 4.69) is 69.0 Å². The summed E-state index contributed by atoms with van der Waals surface area (Å²) in [4.78, 5) is 2.74. The lowest BCUT2D eigenvalue weighted by Gasteiger charge is -2.41. The summed E-state index contributed by atoms with van der Waals surface area (Å²) < 4.78 is 6.12. The first-order chi connectivity index (χ1) is 12.9. The van der Waals surface area contributed by atoms with E-state index in [-0.39, 0.29) is 5.54 Å². The molecule has 1 unspecified atom stereocenters. The van der Waals surface area contributed by atoms with Crippen LogP contribution < -0.4 is 4.90 Å². The molecule has 0 radical (unpaired) electrons. The van der Waals surface area contributed by atoms with Crippen molar-refractivity contribution < 1.29 is 4.42 Å². The molecule has 3 aromatic rings. The van der Waals surface area contributed by atoms with Crippen molar-refractivity contribution in [3.63, 3.8) is 0 Å². The summed E-state index contributed by atoms with van der Waals surface area (Å²) in [6.07, 6.45) is 8.32. The Kier molecular flexibility index (Phi) is 3.67. The van der Waals surface area contributed by atoms with Crippen LogP contribution in [-0.2, 0) is 0 Å². The molecule has 2 aliphatic rings. The van der Waals surface area contributed by atoms with Gasteiger partial charge in [-0.15, -0.1) is 0 Å². The SMILES string of the molecule is Cc1cc2oc3ccccc3c2cc1N1C(C)C2(CCCCC2)CC1(C)C. The summed E-state index contributed by atoms with van der Waals surface area (Å²) in [7, 11) is 0. The van der Waals surface area contributed by atoms with Gasteiger partial charge in [-0.2, -0.15) is 0 Å². The highest BCUT2D eigenvalue weighted by Crippen LogP contribution is 2.56. The molecule has 1 spiro atoms. The predicted octanol–water partition coefficient (Wildman–Crippen LogP) is 7.22. The van der Waals surface area contributed by atoms with E-state index in [1.54, 1.807) is 0 Å². The molecule has 27 heavy (non-hydrogen) atoms. The summed E-state index contributed by atoms with van der Waals surface area (Å²) in [5.41, 5.74) is 5.40. The van der Waals surface area contributed by atoms with Gasteiger partial charge < -0.3 is 9.32 Å². The van der Waals surface area contributed by atoms with Gasteiger partial charge in [0.15, 0.2) is 0 Å². The van der Waals surface area contributed by atoms with E-state index >= 15 is 0 Å². The summed E-state index contributed by atoms with van der Waals surface area (Å²) in [5.74, 6) is 0. The topological polar surface area (TPSA) is 16.4 Å². The third-order valence-corrected chi connectivity index (χ3v) is 7.51. The van der Waals surface area contributed by atoms with Crippen LogP contribution in [0.2, 0.25) is 0 Å². The van der Waals surface area contributed by atoms with Crippen LogP contribution in [-0.4, -0.2) is 11.6 Å². The number of hydrogen-bond donors (Lipinski definition) is 0. The Labute approximate surface area is 162 Å². The molecule has 0 amide bonds. The van der Waals surface area contributed by atoms with Gasteiger partial charge in [0.25, 0.3) is 0 Å². The first-order valence-corrected chi connectivity index (χ1v) is 10.6. The third kappa shape index (κ3) is 2.45. The number of rotatable bonds is 1. The highest BCUT2D eigenvalue weighted by molar-refractivity contribution is 6.06. The Balaban J connectivity index is 1.67. The van der Waals surface area contributed by atoms with Gasteiger partial charge in [0.1, 0.15) is 11.2 Å². The molecule has 1 aliphatic heterocycles. The maximum atomic E-state index is 6.12. The van der Waals surface area contributed by atoms with Crippen LogP contribution in [0, 0.1) is 12.3 Å². The molecule has 2 fully saturated rings. The van der Waals surface area contributed by atoms with Gasteiger partial charge >= 0.3 is 0 Å². The molecule has 2 heteroatoms. The Morgan fingerprint density at radius 1 is 0.963 bits per heavy atom. The lowest BCUT2D eigenvalue weighted by molar-refractivity contribution is 0.170. The Bertz CT molecular complexity index is 1010. The molecule has 1 saturated heterocycles. The molecule has 2 nitrogen and oxygen atoms in total. The monoisotopic (exact) mass is 361 g/mol. The fourth-order valence-corrected chi connectivity index (χ4v) is 6.40. The fraction of sp³-hybridized carbons (Fsp3) is 0.520. The van der Waals surface area contributed by atoms with Crippen LogP contribution in [0.15, 0.2) is 40.8 Å². The molecule has 2 heterocycles. The molecule has 1 aliphatic carbocycles. The second-order valence-electron chi connectivity index (χ2n) is 9.69. The summed E-state index contributed by atoms with van der Waals surface area (Å²) >= 11 is 0. The van der Waals surface area contributed by atoms with Crippen molar-refractivity contribution in [3.8, 4) is 0 Å². The highest BCUT2D eigenvalue weighted by Gasteiger charge is 2.53. The van der Waals surface area contributed by atoms with Crippen LogP contribution in [0.5, 0.6) is 0 Å². The minimum atomic E-state index is 0.189. The van der Waals surface area contributed by atoms with Gasteiger partial charge in [0, 0.05) is 28.0 Å². The van der Waals surface area contributed by atoms with E-state index in [0.29, 0.717) is 11.5 Å². The van der Waals surface area contributed by atoms with E-state index in [0.717, 1.165) is 11.2 Å². The van der Waals surface area contributed by atoms with E-state index < -0.39 is 0 Å². The van der Waals surface area contributed by atoms with E-state index in [1.165, 1.54) is 60.5 Å². The predicted molar refractivity (Wildman–Crippen MR) is 115 cm³/mol. The molecular formula is C25H31NO. The molecule has 1 saturated carbocycles. The number of para-hydroxylation sites is 1. The second kappa shape index (κ2) is 5.77. The maximum Gasteiger partial charge on any atom is 0.135 e. The van der Waals surface area contributed by atoms with Gasteiger partial charge in [-0.05, 0) is 76.1 Å². The average Bonchev–Trinajstić information content (AvgIpc) is 3.07. The van der Waals surface area contributed by atoms with Crippen molar-refractivity contribution in [3.05, 3.63) is 42.0 Å². The number of furan rings is 1.